The Hall–Kier alpha value is -1.59. The summed E-state index contributed by atoms with van der Waals surface area (Å²) >= 11 is 1.70. The van der Waals surface area contributed by atoms with Gasteiger partial charge in [-0.15, -0.1) is 11.3 Å². The highest BCUT2D eigenvalue weighted by Crippen LogP contribution is 2.27. The van der Waals surface area contributed by atoms with Crippen LogP contribution in [0, 0.1) is 0 Å². The Kier molecular flexibility index (Phi) is 3.95. The van der Waals surface area contributed by atoms with Gasteiger partial charge in [0.1, 0.15) is 11.9 Å². The number of benzene rings is 1. The van der Waals surface area contributed by atoms with Crippen LogP contribution < -0.4 is 15.4 Å². The number of para-hydroxylation sites is 2. The van der Waals surface area contributed by atoms with E-state index in [1.165, 1.54) is 5.01 Å². The van der Waals surface area contributed by atoms with Gasteiger partial charge in [0.2, 0.25) is 0 Å². The summed E-state index contributed by atoms with van der Waals surface area (Å²) in [5.41, 5.74) is 1.08. The van der Waals surface area contributed by atoms with Crippen molar-refractivity contribution >= 4 is 17.0 Å². The molecule has 0 aliphatic carbocycles. The molecule has 0 bridgehead atoms. The Morgan fingerprint density at radius 1 is 1.42 bits per heavy atom. The molecule has 2 N–H and O–H groups in total. The first-order chi connectivity index (χ1) is 9.42. The number of hydrogen-bond donors (Lipinski definition) is 2. The van der Waals surface area contributed by atoms with Crippen LogP contribution in [0.15, 0.2) is 35.8 Å². The van der Waals surface area contributed by atoms with Crippen molar-refractivity contribution in [3.05, 3.63) is 40.8 Å². The highest BCUT2D eigenvalue weighted by molar-refractivity contribution is 7.09. The SMILES string of the molecule is c1ccc2c(c1)NCC(CNCCc1nccs1)O2. The first kappa shape index (κ1) is 12.4. The van der Waals surface area contributed by atoms with Gasteiger partial charge in [0.15, 0.2) is 0 Å². The molecule has 0 radical (unpaired) electrons. The quantitative estimate of drug-likeness (QED) is 0.821. The molecule has 1 aliphatic heterocycles. The molecule has 0 fully saturated rings. The molecule has 19 heavy (non-hydrogen) atoms. The minimum absolute atomic E-state index is 0.186. The molecule has 0 saturated heterocycles. The Balaban J connectivity index is 1.42. The first-order valence-corrected chi connectivity index (χ1v) is 7.38. The van der Waals surface area contributed by atoms with Crippen LogP contribution in [-0.4, -0.2) is 30.7 Å². The average molecular weight is 275 g/mol. The van der Waals surface area contributed by atoms with Crippen LogP contribution in [0.1, 0.15) is 5.01 Å². The second-order valence-corrected chi connectivity index (χ2v) is 5.48. The molecule has 5 heteroatoms. The van der Waals surface area contributed by atoms with Crippen molar-refractivity contribution in [2.24, 2.45) is 0 Å². The number of nitrogens with zero attached hydrogens (tertiary/aromatic N) is 1. The summed E-state index contributed by atoms with van der Waals surface area (Å²) in [6.45, 7) is 2.64. The van der Waals surface area contributed by atoms with Crippen molar-refractivity contribution in [2.75, 3.05) is 25.0 Å². The monoisotopic (exact) mass is 275 g/mol. The summed E-state index contributed by atoms with van der Waals surface area (Å²) in [4.78, 5) is 4.27. The number of anilines is 1. The van der Waals surface area contributed by atoms with Crippen LogP contribution in [0.5, 0.6) is 5.75 Å². The van der Waals surface area contributed by atoms with Crippen LogP contribution >= 0.6 is 11.3 Å². The van der Waals surface area contributed by atoms with Gasteiger partial charge in [-0.25, -0.2) is 4.98 Å². The molecule has 1 unspecified atom stereocenters. The second-order valence-electron chi connectivity index (χ2n) is 4.50. The lowest BCUT2D eigenvalue weighted by Crippen LogP contribution is -2.40. The third kappa shape index (κ3) is 3.24. The van der Waals surface area contributed by atoms with Gasteiger partial charge in [-0.1, -0.05) is 12.1 Å². The molecule has 0 spiro atoms. The van der Waals surface area contributed by atoms with Crippen molar-refractivity contribution < 1.29 is 4.74 Å². The highest BCUT2D eigenvalue weighted by atomic mass is 32.1. The summed E-state index contributed by atoms with van der Waals surface area (Å²) in [6, 6.07) is 8.06. The molecule has 0 amide bonds. The highest BCUT2D eigenvalue weighted by Gasteiger charge is 2.17. The van der Waals surface area contributed by atoms with Crippen molar-refractivity contribution in [2.45, 2.75) is 12.5 Å². The molecular weight excluding hydrogens is 258 g/mol. The van der Waals surface area contributed by atoms with Crippen molar-refractivity contribution in [3.63, 3.8) is 0 Å². The van der Waals surface area contributed by atoms with E-state index < -0.39 is 0 Å². The van der Waals surface area contributed by atoms with E-state index in [0.29, 0.717) is 0 Å². The lowest BCUT2D eigenvalue weighted by Gasteiger charge is -2.27. The maximum absolute atomic E-state index is 5.93. The molecule has 0 saturated carbocycles. The van der Waals surface area contributed by atoms with Crippen LogP contribution in [0.3, 0.4) is 0 Å². The van der Waals surface area contributed by atoms with E-state index in [-0.39, 0.29) is 6.10 Å². The molecular formula is C14H17N3OS. The fourth-order valence-corrected chi connectivity index (χ4v) is 2.73. The minimum atomic E-state index is 0.186. The zero-order valence-corrected chi connectivity index (χ0v) is 11.5. The Labute approximate surface area is 116 Å². The predicted molar refractivity (Wildman–Crippen MR) is 78.0 cm³/mol. The van der Waals surface area contributed by atoms with Crippen molar-refractivity contribution in [3.8, 4) is 5.75 Å². The minimum Gasteiger partial charge on any atom is -0.485 e. The molecule has 1 atom stereocenters. The maximum Gasteiger partial charge on any atom is 0.142 e. The van der Waals surface area contributed by atoms with Gasteiger partial charge >= 0.3 is 0 Å². The number of rotatable bonds is 5. The van der Waals surface area contributed by atoms with Crippen LogP contribution in [0.4, 0.5) is 5.69 Å². The van der Waals surface area contributed by atoms with Crippen molar-refractivity contribution in [1.82, 2.24) is 10.3 Å². The standard InChI is InChI=1S/C14H17N3OS/c1-2-4-13-12(3-1)17-10-11(18-13)9-15-6-5-14-16-7-8-19-14/h1-4,7-8,11,15,17H,5-6,9-10H2. The van der Waals surface area contributed by atoms with E-state index in [0.717, 1.165) is 37.5 Å². The molecule has 100 valence electrons. The van der Waals surface area contributed by atoms with Gasteiger partial charge in [0.25, 0.3) is 0 Å². The molecule has 2 aromatic rings. The molecule has 3 rings (SSSR count). The van der Waals surface area contributed by atoms with E-state index in [2.05, 4.69) is 15.6 Å². The summed E-state index contributed by atoms with van der Waals surface area (Å²) in [5, 5.41) is 10.0. The molecule has 1 aromatic heterocycles. The lowest BCUT2D eigenvalue weighted by molar-refractivity contribution is 0.202. The van der Waals surface area contributed by atoms with E-state index in [4.69, 9.17) is 4.74 Å². The van der Waals surface area contributed by atoms with E-state index in [1.807, 2.05) is 35.8 Å². The Morgan fingerprint density at radius 3 is 3.26 bits per heavy atom. The molecule has 1 aliphatic rings. The summed E-state index contributed by atoms with van der Waals surface area (Å²) in [5.74, 6) is 0.945. The Morgan fingerprint density at radius 2 is 2.37 bits per heavy atom. The van der Waals surface area contributed by atoms with E-state index in [1.54, 1.807) is 11.3 Å². The number of ether oxygens (including phenoxy) is 1. The number of thiazole rings is 1. The normalized spacial score (nSPS) is 17.4. The molecule has 1 aromatic carbocycles. The smallest absolute Gasteiger partial charge is 0.142 e. The van der Waals surface area contributed by atoms with Gasteiger partial charge in [0.05, 0.1) is 17.2 Å². The molecule has 2 heterocycles. The number of nitrogens with one attached hydrogen (secondary N) is 2. The third-order valence-electron chi connectivity index (χ3n) is 3.07. The van der Waals surface area contributed by atoms with E-state index in [9.17, 15) is 0 Å². The fraction of sp³-hybridized carbons (Fsp3) is 0.357. The predicted octanol–water partition coefficient (Wildman–Crippen LogP) is 2.15. The number of hydrogen-bond acceptors (Lipinski definition) is 5. The second kappa shape index (κ2) is 6.04. The summed E-state index contributed by atoms with van der Waals surface area (Å²) < 4.78 is 5.93. The maximum atomic E-state index is 5.93. The van der Waals surface area contributed by atoms with Crippen LogP contribution in [0.25, 0.3) is 0 Å². The van der Waals surface area contributed by atoms with Gasteiger partial charge < -0.3 is 15.4 Å². The average Bonchev–Trinajstić information content (AvgIpc) is 2.97. The van der Waals surface area contributed by atoms with Gasteiger partial charge in [-0.3, -0.25) is 0 Å². The van der Waals surface area contributed by atoms with Crippen molar-refractivity contribution in [1.29, 1.82) is 0 Å². The van der Waals surface area contributed by atoms with E-state index >= 15 is 0 Å². The number of fused-ring (bicyclic) bond motifs is 1. The lowest BCUT2D eigenvalue weighted by atomic mass is 10.2. The van der Waals surface area contributed by atoms with Crippen LogP contribution in [0.2, 0.25) is 0 Å². The fourth-order valence-electron chi connectivity index (χ4n) is 2.11. The van der Waals surface area contributed by atoms with Gasteiger partial charge in [0, 0.05) is 31.1 Å². The van der Waals surface area contributed by atoms with Gasteiger partial charge in [-0.05, 0) is 12.1 Å². The largest absolute Gasteiger partial charge is 0.485 e. The molecule has 4 nitrogen and oxygen atoms in total. The van der Waals surface area contributed by atoms with Gasteiger partial charge in [-0.2, -0.15) is 0 Å². The third-order valence-corrected chi connectivity index (χ3v) is 3.91. The van der Waals surface area contributed by atoms with Crippen LogP contribution in [-0.2, 0) is 6.42 Å². The number of aromatic nitrogens is 1. The topological polar surface area (TPSA) is 46.2 Å². The first-order valence-electron chi connectivity index (χ1n) is 6.50. The zero-order chi connectivity index (χ0) is 12.9. The Bertz CT molecular complexity index is 515. The summed E-state index contributed by atoms with van der Waals surface area (Å²) in [7, 11) is 0. The summed E-state index contributed by atoms with van der Waals surface area (Å²) in [6.07, 6.45) is 3.02. The zero-order valence-electron chi connectivity index (χ0n) is 10.6.